The number of carbonyl (C=O) groups is 3. The van der Waals surface area contributed by atoms with Gasteiger partial charge in [-0.05, 0) is 17.7 Å². The molecule has 1 aliphatic heterocycles. The maximum atomic E-state index is 12.1. The van der Waals surface area contributed by atoms with Gasteiger partial charge in [-0.3, -0.25) is 19.3 Å². The maximum absolute atomic E-state index is 12.1. The van der Waals surface area contributed by atoms with Gasteiger partial charge in [0.2, 0.25) is 5.91 Å². The minimum Gasteiger partial charge on any atom is -0.350 e. The van der Waals surface area contributed by atoms with Crippen molar-refractivity contribution in [2.24, 2.45) is 0 Å². The van der Waals surface area contributed by atoms with Gasteiger partial charge < -0.3 is 5.32 Å². The summed E-state index contributed by atoms with van der Waals surface area (Å²) in [5.74, 6) is -1.20. The second-order valence-corrected chi connectivity index (χ2v) is 5.00. The van der Waals surface area contributed by atoms with Crippen LogP contribution in [-0.2, 0) is 11.3 Å². The molecule has 0 saturated carbocycles. The topological polar surface area (TPSA) is 66.5 Å². The molecule has 22 heavy (non-hydrogen) atoms. The van der Waals surface area contributed by atoms with E-state index < -0.39 is 11.8 Å². The molecule has 1 aliphatic rings. The van der Waals surface area contributed by atoms with E-state index in [0.717, 1.165) is 10.5 Å². The number of hydrogen-bond acceptors (Lipinski definition) is 3. The Kier molecular flexibility index (Phi) is 3.70. The molecule has 0 saturated heterocycles. The first-order valence-electron chi connectivity index (χ1n) is 6.92. The number of imide groups is 1. The zero-order valence-corrected chi connectivity index (χ0v) is 11.8. The van der Waals surface area contributed by atoms with Crippen LogP contribution in [0.25, 0.3) is 0 Å². The molecule has 5 nitrogen and oxygen atoms in total. The minimum atomic E-state index is -0.421. The van der Waals surface area contributed by atoms with E-state index in [1.165, 1.54) is 0 Å². The molecule has 5 heteroatoms. The van der Waals surface area contributed by atoms with Gasteiger partial charge in [0.1, 0.15) is 6.54 Å². The first-order valence-corrected chi connectivity index (χ1v) is 6.92. The predicted molar refractivity (Wildman–Crippen MR) is 80.1 cm³/mol. The zero-order valence-electron chi connectivity index (χ0n) is 11.8. The normalized spacial score (nSPS) is 13.2. The van der Waals surface area contributed by atoms with Crippen LogP contribution in [0.4, 0.5) is 0 Å². The van der Waals surface area contributed by atoms with Crippen molar-refractivity contribution in [1.82, 2.24) is 10.2 Å². The van der Waals surface area contributed by atoms with Crippen molar-refractivity contribution in [3.05, 3.63) is 71.3 Å². The lowest BCUT2D eigenvalue weighted by Gasteiger charge is -2.13. The summed E-state index contributed by atoms with van der Waals surface area (Å²) in [6.07, 6.45) is 0. The molecule has 0 aromatic heterocycles. The third-order valence-electron chi connectivity index (χ3n) is 3.51. The lowest BCUT2D eigenvalue weighted by molar-refractivity contribution is -0.121. The largest absolute Gasteiger partial charge is 0.350 e. The molecule has 3 amide bonds. The number of benzene rings is 2. The predicted octanol–water partition coefficient (Wildman–Crippen LogP) is 1.60. The third kappa shape index (κ3) is 2.61. The van der Waals surface area contributed by atoms with Crippen LogP contribution in [0.2, 0.25) is 0 Å². The van der Waals surface area contributed by atoms with E-state index in [9.17, 15) is 14.4 Å². The molecule has 0 bridgehead atoms. The van der Waals surface area contributed by atoms with Gasteiger partial charge in [-0.25, -0.2) is 0 Å². The smallest absolute Gasteiger partial charge is 0.262 e. The van der Waals surface area contributed by atoms with Crippen LogP contribution in [0.15, 0.2) is 54.6 Å². The monoisotopic (exact) mass is 294 g/mol. The highest BCUT2D eigenvalue weighted by atomic mass is 16.2. The SMILES string of the molecule is O=C(CN1C(=O)c2ccccc2C1=O)NCc1ccccc1. The van der Waals surface area contributed by atoms with Crippen molar-refractivity contribution in [3.8, 4) is 0 Å². The minimum absolute atomic E-state index is 0.265. The Bertz CT molecular complexity index is 706. The highest BCUT2D eigenvalue weighted by Gasteiger charge is 2.36. The quantitative estimate of drug-likeness (QED) is 0.871. The third-order valence-corrected chi connectivity index (χ3v) is 3.51. The summed E-state index contributed by atoms with van der Waals surface area (Å²) in [5, 5.41) is 2.71. The van der Waals surface area contributed by atoms with E-state index >= 15 is 0 Å². The van der Waals surface area contributed by atoms with Crippen molar-refractivity contribution in [2.45, 2.75) is 6.54 Å². The number of nitrogens with one attached hydrogen (secondary N) is 1. The Balaban J connectivity index is 1.63. The zero-order chi connectivity index (χ0) is 15.5. The summed E-state index contributed by atoms with van der Waals surface area (Å²) in [7, 11) is 0. The molecule has 0 unspecified atom stereocenters. The summed E-state index contributed by atoms with van der Waals surface area (Å²) in [4.78, 5) is 37.2. The number of rotatable bonds is 4. The highest BCUT2D eigenvalue weighted by molar-refractivity contribution is 6.22. The van der Waals surface area contributed by atoms with Crippen LogP contribution in [0.1, 0.15) is 26.3 Å². The first kappa shape index (κ1) is 14.0. The Morgan fingerprint density at radius 1 is 0.864 bits per heavy atom. The molecule has 2 aromatic rings. The molecule has 3 rings (SSSR count). The molecule has 1 N–H and O–H groups in total. The summed E-state index contributed by atoms with van der Waals surface area (Å²) < 4.78 is 0. The van der Waals surface area contributed by atoms with Crippen molar-refractivity contribution in [1.29, 1.82) is 0 Å². The standard InChI is InChI=1S/C17H14N2O3/c20-15(18-10-12-6-2-1-3-7-12)11-19-16(21)13-8-4-5-9-14(13)17(19)22/h1-9H,10-11H2,(H,18,20). The molecule has 0 spiro atoms. The van der Waals surface area contributed by atoms with Crippen molar-refractivity contribution in [3.63, 3.8) is 0 Å². The van der Waals surface area contributed by atoms with Crippen LogP contribution in [0.3, 0.4) is 0 Å². The van der Waals surface area contributed by atoms with E-state index in [-0.39, 0.29) is 12.5 Å². The summed E-state index contributed by atoms with van der Waals surface area (Å²) in [6.45, 7) is 0.0992. The number of hydrogen-bond donors (Lipinski definition) is 1. The van der Waals surface area contributed by atoms with E-state index in [2.05, 4.69) is 5.32 Å². The van der Waals surface area contributed by atoms with Crippen molar-refractivity contribution in [2.75, 3.05) is 6.54 Å². The van der Waals surface area contributed by atoms with Gasteiger partial charge in [-0.1, -0.05) is 42.5 Å². The average molecular weight is 294 g/mol. The van der Waals surface area contributed by atoms with Crippen LogP contribution >= 0.6 is 0 Å². The van der Waals surface area contributed by atoms with E-state index in [1.807, 2.05) is 30.3 Å². The molecular weight excluding hydrogens is 280 g/mol. The molecule has 1 heterocycles. The van der Waals surface area contributed by atoms with E-state index in [4.69, 9.17) is 0 Å². The van der Waals surface area contributed by atoms with E-state index in [1.54, 1.807) is 24.3 Å². The summed E-state index contributed by atoms with van der Waals surface area (Å²) >= 11 is 0. The van der Waals surface area contributed by atoms with E-state index in [0.29, 0.717) is 17.7 Å². The van der Waals surface area contributed by atoms with Gasteiger partial charge in [0, 0.05) is 6.54 Å². The van der Waals surface area contributed by atoms with Crippen LogP contribution in [-0.4, -0.2) is 29.2 Å². The molecule has 0 aliphatic carbocycles. The van der Waals surface area contributed by atoms with Gasteiger partial charge >= 0.3 is 0 Å². The summed E-state index contributed by atoms with van der Waals surface area (Å²) in [6, 6.07) is 16.0. The first-order chi connectivity index (χ1) is 10.7. The second-order valence-electron chi connectivity index (χ2n) is 5.00. The van der Waals surface area contributed by atoms with Gasteiger partial charge in [-0.2, -0.15) is 0 Å². The average Bonchev–Trinajstić information content (AvgIpc) is 2.79. The van der Waals surface area contributed by atoms with Crippen LogP contribution in [0.5, 0.6) is 0 Å². The molecule has 0 radical (unpaired) electrons. The van der Waals surface area contributed by atoms with Gasteiger partial charge in [-0.15, -0.1) is 0 Å². The molecule has 2 aromatic carbocycles. The maximum Gasteiger partial charge on any atom is 0.262 e. The number of fused-ring (bicyclic) bond motifs is 1. The summed E-state index contributed by atoms with van der Waals surface area (Å²) in [5.41, 5.74) is 1.66. The van der Waals surface area contributed by atoms with Crippen molar-refractivity contribution >= 4 is 17.7 Å². The Hall–Kier alpha value is -2.95. The fourth-order valence-electron chi connectivity index (χ4n) is 2.38. The second kappa shape index (κ2) is 5.81. The Labute approximate surface area is 127 Å². The van der Waals surface area contributed by atoms with Gasteiger partial charge in [0.05, 0.1) is 11.1 Å². The molecular formula is C17H14N2O3. The lowest BCUT2D eigenvalue weighted by atomic mass is 10.1. The van der Waals surface area contributed by atoms with Gasteiger partial charge in [0.25, 0.3) is 11.8 Å². The lowest BCUT2D eigenvalue weighted by Crippen LogP contribution is -2.40. The molecule has 0 fully saturated rings. The fourth-order valence-corrected chi connectivity index (χ4v) is 2.38. The number of carbonyl (C=O) groups excluding carboxylic acids is 3. The van der Waals surface area contributed by atoms with Crippen molar-refractivity contribution < 1.29 is 14.4 Å². The van der Waals surface area contributed by atoms with Crippen LogP contribution in [0, 0.1) is 0 Å². The molecule has 110 valence electrons. The highest BCUT2D eigenvalue weighted by Crippen LogP contribution is 2.21. The number of amides is 3. The number of nitrogens with zero attached hydrogens (tertiary/aromatic N) is 1. The molecule has 0 atom stereocenters. The Morgan fingerprint density at radius 3 is 2.00 bits per heavy atom. The fraction of sp³-hybridized carbons (Fsp3) is 0.118. The Morgan fingerprint density at radius 2 is 1.41 bits per heavy atom. The van der Waals surface area contributed by atoms with Gasteiger partial charge in [0.15, 0.2) is 0 Å². The van der Waals surface area contributed by atoms with Crippen LogP contribution < -0.4 is 5.32 Å².